The van der Waals surface area contributed by atoms with Crippen LogP contribution in [0.1, 0.15) is 35.4 Å². The van der Waals surface area contributed by atoms with Gasteiger partial charge in [-0.1, -0.05) is 24.3 Å². The lowest BCUT2D eigenvalue weighted by molar-refractivity contribution is -0.291. The molecular weight excluding hydrogens is 283 g/mol. The van der Waals surface area contributed by atoms with Crippen LogP contribution in [0.5, 0.6) is 0 Å². The van der Waals surface area contributed by atoms with Gasteiger partial charge >= 0.3 is 12.1 Å². The third kappa shape index (κ3) is 3.53. The molecule has 0 bridgehead atoms. The molecule has 0 radical (unpaired) electrons. The second kappa shape index (κ2) is 5.87. The first kappa shape index (κ1) is 16.6. The minimum Gasteiger partial charge on any atom is -0.377 e. The molecule has 1 aromatic rings. The molecule has 1 aromatic carbocycles. The van der Waals surface area contributed by atoms with E-state index in [1.165, 1.54) is 31.2 Å². The SMILES string of the molecule is COC(CC(F)(F)C(F)(F)F)c1ccccc1C(C)=O. The quantitative estimate of drug-likeness (QED) is 0.602. The van der Waals surface area contributed by atoms with Crippen molar-refractivity contribution >= 4 is 5.78 Å². The molecule has 0 aliphatic carbocycles. The van der Waals surface area contributed by atoms with E-state index in [1.807, 2.05) is 0 Å². The molecule has 0 amide bonds. The maximum atomic E-state index is 13.1. The van der Waals surface area contributed by atoms with Crippen molar-refractivity contribution in [3.05, 3.63) is 35.4 Å². The van der Waals surface area contributed by atoms with E-state index < -0.39 is 30.4 Å². The molecule has 1 rings (SSSR count). The maximum Gasteiger partial charge on any atom is 0.453 e. The Morgan fingerprint density at radius 1 is 1.20 bits per heavy atom. The number of hydrogen-bond donors (Lipinski definition) is 0. The molecule has 112 valence electrons. The highest BCUT2D eigenvalue weighted by Crippen LogP contribution is 2.43. The Bertz CT molecular complexity index is 482. The van der Waals surface area contributed by atoms with Gasteiger partial charge in [0, 0.05) is 12.7 Å². The molecule has 0 aliphatic heterocycles. The predicted molar refractivity (Wildman–Crippen MR) is 61.8 cm³/mol. The van der Waals surface area contributed by atoms with Crippen LogP contribution in [0.3, 0.4) is 0 Å². The summed E-state index contributed by atoms with van der Waals surface area (Å²) in [6.45, 7) is 1.20. The summed E-state index contributed by atoms with van der Waals surface area (Å²) in [7, 11) is 1.02. The third-order valence-corrected chi connectivity index (χ3v) is 2.83. The van der Waals surface area contributed by atoms with Crippen molar-refractivity contribution in [3.63, 3.8) is 0 Å². The van der Waals surface area contributed by atoms with E-state index in [4.69, 9.17) is 4.74 Å². The molecule has 0 saturated heterocycles. The standard InChI is InChI=1S/C13H13F5O2/c1-8(19)9-5-3-4-6-10(9)11(20-2)7-12(14,15)13(16,17)18/h3-6,11H,7H2,1-2H3. The molecule has 0 saturated carbocycles. The van der Waals surface area contributed by atoms with E-state index in [-0.39, 0.29) is 11.1 Å². The van der Waals surface area contributed by atoms with Gasteiger partial charge in [0.1, 0.15) is 0 Å². The number of methoxy groups -OCH3 is 1. The lowest BCUT2D eigenvalue weighted by Crippen LogP contribution is -2.38. The smallest absolute Gasteiger partial charge is 0.377 e. The second-order valence-corrected chi connectivity index (χ2v) is 4.27. The van der Waals surface area contributed by atoms with Gasteiger partial charge in [-0.3, -0.25) is 4.79 Å². The Kier molecular flexibility index (Phi) is 4.86. The van der Waals surface area contributed by atoms with E-state index in [0.29, 0.717) is 0 Å². The number of benzene rings is 1. The molecule has 0 spiro atoms. The highest BCUT2D eigenvalue weighted by molar-refractivity contribution is 5.95. The summed E-state index contributed by atoms with van der Waals surface area (Å²) in [5.74, 6) is -5.32. The summed E-state index contributed by atoms with van der Waals surface area (Å²) in [5, 5.41) is 0. The number of ether oxygens (including phenoxy) is 1. The van der Waals surface area contributed by atoms with Crippen LogP contribution in [0.4, 0.5) is 22.0 Å². The van der Waals surface area contributed by atoms with Crippen LogP contribution < -0.4 is 0 Å². The number of carbonyl (C=O) groups excluding carboxylic acids is 1. The van der Waals surface area contributed by atoms with Gasteiger partial charge in [0.15, 0.2) is 5.78 Å². The van der Waals surface area contributed by atoms with Crippen LogP contribution in [0.15, 0.2) is 24.3 Å². The van der Waals surface area contributed by atoms with E-state index in [2.05, 4.69) is 0 Å². The predicted octanol–water partition coefficient (Wildman–Crippen LogP) is 4.16. The number of rotatable bonds is 5. The Balaban J connectivity index is 3.13. The van der Waals surface area contributed by atoms with E-state index >= 15 is 0 Å². The zero-order valence-corrected chi connectivity index (χ0v) is 10.8. The first-order chi connectivity index (χ1) is 9.10. The van der Waals surface area contributed by atoms with Crippen molar-refractivity contribution < 1.29 is 31.5 Å². The first-order valence-corrected chi connectivity index (χ1v) is 5.67. The van der Waals surface area contributed by atoms with Crippen molar-refractivity contribution in [1.82, 2.24) is 0 Å². The van der Waals surface area contributed by atoms with Crippen LogP contribution in [-0.2, 0) is 4.74 Å². The topological polar surface area (TPSA) is 26.3 Å². The number of carbonyl (C=O) groups is 1. The summed E-state index contributed by atoms with van der Waals surface area (Å²) in [4.78, 5) is 11.4. The largest absolute Gasteiger partial charge is 0.453 e. The van der Waals surface area contributed by atoms with Crippen molar-refractivity contribution in [3.8, 4) is 0 Å². The van der Waals surface area contributed by atoms with Gasteiger partial charge in [0.25, 0.3) is 0 Å². The van der Waals surface area contributed by atoms with Gasteiger partial charge in [0.2, 0.25) is 0 Å². The van der Waals surface area contributed by atoms with E-state index in [0.717, 1.165) is 7.11 Å². The third-order valence-electron chi connectivity index (χ3n) is 2.83. The Morgan fingerprint density at radius 3 is 2.20 bits per heavy atom. The fraction of sp³-hybridized carbons (Fsp3) is 0.462. The monoisotopic (exact) mass is 296 g/mol. The summed E-state index contributed by atoms with van der Waals surface area (Å²) < 4.78 is 67.6. The Labute approximate surface area is 112 Å². The van der Waals surface area contributed by atoms with E-state index in [9.17, 15) is 26.7 Å². The van der Waals surface area contributed by atoms with Crippen LogP contribution in [0, 0.1) is 0 Å². The molecule has 0 fully saturated rings. The lowest BCUT2D eigenvalue weighted by Gasteiger charge is -2.25. The summed E-state index contributed by atoms with van der Waals surface area (Å²) in [6, 6.07) is 5.60. The molecule has 0 aromatic heterocycles. The second-order valence-electron chi connectivity index (χ2n) is 4.27. The van der Waals surface area contributed by atoms with Crippen LogP contribution in [0.2, 0.25) is 0 Å². The Hall–Kier alpha value is -1.50. The van der Waals surface area contributed by atoms with Gasteiger partial charge in [-0.05, 0) is 12.5 Å². The molecule has 0 aliphatic rings. The van der Waals surface area contributed by atoms with Crippen molar-refractivity contribution in [2.24, 2.45) is 0 Å². The summed E-state index contributed by atoms with van der Waals surface area (Å²) in [6.07, 6.45) is -8.75. The summed E-state index contributed by atoms with van der Waals surface area (Å²) >= 11 is 0. The minimum atomic E-state index is -5.66. The average Bonchev–Trinajstić information content (AvgIpc) is 2.34. The molecule has 0 N–H and O–H groups in total. The molecule has 7 heteroatoms. The molecular formula is C13H13F5O2. The first-order valence-electron chi connectivity index (χ1n) is 5.67. The number of Topliss-reactive ketones (excluding diaryl/α,β-unsaturated/α-hetero) is 1. The number of halogens is 5. The molecule has 0 heterocycles. The maximum absolute atomic E-state index is 13.1. The number of alkyl halides is 5. The number of hydrogen-bond acceptors (Lipinski definition) is 2. The van der Waals surface area contributed by atoms with Gasteiger partial charge in [-0.2, -0.15) is 22.0 Å². The van der Waals surface area contributed by atoms with Crippen molar-refractivity contribution in [2.75, 3.05) is 7.11 Å². The highest BCUT2D eigenvalue weighted by Gasteiger charge is 2.58. The zero-order chi connectivity index (χ0) is 15.6. The van der Waals surface area contributed by atoms with Crippen LogP contribution >= 0.6 is 0 Å². The molecule has 2 nitrogen and oxygen atoms in total. The van der Waals surface area contributed by atoms with Crippen molar-refractivity contribution in [1.29, 1.82) is 0 Å². The lowest BCUT2D eigenvalue weighted by atomic mass is 9.95. The zero-order valence-electron chi connectivity index (χ0n) is 10.8. The van der Waals surface area contributed by atoms with Crippen LogP contribution in [0.25, 0.3) is 0 Å². The number of ketones is 1. The average molecular weight is 296 g/mol. The van der Waals surface area contributed by atoms with Crippen molar-refractivity contribution in [2.45, 2.75) is 31.5 Å². The highest BCUT2D eigenvalue weighted by atomic mass is 19.4. The molecule has 1 atom stereocenters. The molecule has 1 unspecified atom stereocenters. The van der Waals surface area contributed by atoms with Gasteiger partial charge in [-0.25, -0.2) is 0 Å². The normalized spacial score (nSPS) is 14.2. The van der Waals surface area contributed by atoms with Gasteiger partial charge in [0.05, 0.1) is 12.5 Å². The van der Waals surface area contributed by atoms with Gasteiger partial charge < -0.3 is 4.74 Å². The summed E-state index contributed by atoms with van der Waals surface area (Å²) in [5.41, 5.74) is 0.0868. The Morgan fingerprint density at radius 2 is 1.75 bits per heavy atom. The fourth-order valence-electron chi connectivity index (χ4n) is 1.77. The molecule has 20 heavy (non-hydrogen) atoms. The van der Waals surface area contributed by atoms with E-state index in [1.54, 1.807) is 0 Å². The van der Waals surface area contributed by atoms with Crippen LogP contribution in [-0.4, -0.2) is 25.0 Å². The fourth-order valence-corrected chi connectivity index (χ4v) is 1.77. The minimum absolute atomic E-state index is 0.0198. The van der Waals surface area contributed by atoms with Gasteiger partial charge in [-0.15, -0.1) is 0 Å².